The number of rotatable bonds is 9. The zero-order chi connectivity index (χ0) is 24.1. The van der Waals surface area contributed by atoms with Crippen molar-refractivity contribution < 1.29 is 9.59 Å². The maximum atomic E-state index is 13.7. The molecule has 1 aromatic carbocycles. The molecule has 3 fully saturated rings. The summed E-state index contributed by atoms with van der Waals surface area (Å²) in [6.45, 7) is 6.19. The number of urea groups is 1. The Morgan fingerprint density at radius 3 is 2.53 bits per heavy atom. The summed E-state index contributed by atoms with van der Waals surface area (Å²) in [5.41, 5.74) is 0.357. The second kappa shape index (κ2) is 11.2. The number of carbonyl (C=O) groups is 2. The highest BCUT2D eigenvalue weighted by Crippen LogP contribution is 2.37. The summed E-state index contributed by atoms with van der Waals surface area (Å²) in [4.78, 5) is 32.8. The van der Waals surface area contributed by atoms with E-state index in [1.807, 2.05) is 36.4 Å². The van der Waals surface area contributed by atoms with Gasteiger partial charge in [0.1, 0.15) is 5.54 Å². The molecule has 1 N–H and O–H groups in total. The SMILES string of the molecule is CCCC1(C2CCN(C/C(Cl)=C/c3ccccc3)CC2)NC(=O)N(CCC2CCCN2C)C1=O. The zero-order valence-corrected chi connectivity index (χ0v) is 21.4. The van der Waals surface area contributed by atoms with Gasteiger partial charge in [0, 0.05) is 24.2 Å². The van der Waals surface area contributed by atoms with E-state index < -0.39 is 5.54 Å². The molecule has 2 atom stereocenters. The molecule has 3 aliphatic rings. The van der Waals surface area contributed by atoms with Crippen molar-refractivity contribution in [1.29, 1.82) is 0 Å². The van der Waals surface area contributed by atoms with E-state index in [1.54, 1.807) is 0 Å². The highest BCUT2D eigenvalue weighted by molar-refractivity contribution is 6.31. The van der Waals surface area contributed by atoms with Crippen LogP contribution in [0.15, 0.2) is 35.4 Å². The molecule has 3 saturated heterocycles. The number of hydrogen-bond acceptors (Lipinski definition) is 4. The largest absolute Gasteiger partial charge is 0.325 e. The van der Waals surface area contributed by atoms with Crippen molar-refractivity contribution >= 4 is 29.6 Å². The second-order valence-corrected chi connectivity index (χ2v) is 10.7. The summed E-state index contributed by atoms with van der Waals surface area (Å²) in [5, 5.41) is 4.00. The fraction of sp³-hybridized carbons (Fsp3) is 0.630. The molecule has 3 amide bonds. The van der Waals surface area contributed by atoms with Gasteiger partial charge in [-0.3, -0.25) is 14.6 Å². The lowest BCUT2D eigenvalue weighted by Gasteiger charge is -2.41. The maximum Gasteiger partial charge on any atom is 0.325 e. The molecular weight excluding hydrogens is 448 g/mol. The summed E-state index contributed by atoms with van der Waals surface area (Å²) in [5.74, 6) is 0.164. The van der Waals surface area contributed by atoms with Crippen molar-refractivity contribution in [1.82, 2.24) is 20.0 Å². The van der Waals surface area contributed by atoms with E-state index in [9.17, 15) is 9.59 Å². The van der Waals surface area contributed by atoms with Crippen molar-refractivity contribution in [3.8, 4) is 0 Å². The first-order valence-electron chi connectivity index (χ1n) is 12.9. The molecule has 1 aromatic rings. The van der Waals surface area contributed by atoms with Crippen LogP contribution in [-0.2, 0) is 4.79 Å². The number of amides is 3. The van der Waals surface area contributed by atoms with Crippen LogP contribution in [0.25, 0.3) is 6.08 Å². The molecule has 3 heterocycles. The topological polar surface area (TPSA) is 55.9 Å². The van der Waals surface area contributed by atoms with Crippen molar-refractivity contribution in [3.05, 3.63) is 40.9 Å². The number of imide groups is 1. The molecule has 0 radical (unpaired) electrons. The van der Waals surface area contributed by atoms with Gasteiger partial charge in [-0.25, -0.2) is 4.79 Å². The van der Waals surface area contributed by atoms with E-state index in [4.69, 9.17) is 11.6 Å². The van der Waals surface area contributed by atoms with Crippen molar-refractivity contribution in [2.24, 2.45) is 5.92 Å². The van der Waals surface area contributed by atoms with Crippen LogP contribution in [-0.4, -0.2) is 78.0 Å². The van der Waals surface area contributed by atoms with E-state index in [0.29, 0.717) is 25.6 Å². The van der Waals surface area contributed by atoms with Gasteiger partial charge in [-0.15, -0.1) is 0 Å². The number of carbonyl (C=O) groups excluding carboxylic acids is 2. The van der Waals surface area contributed by atoms with Gasteiger partial charge in [0.25, 0.3) is 5.91 Å². The molecule has 6 nitrogen and oxygen atoms in total. The van der Waals surface area contributed by atoms with Crippen LogP contribution in [0.3, 0.4) is 0 Å². The standard InChI is InChI=1S/C27H39ClN4O2/c1-3-14-27(25(33)32(26(34)29-27)18-13-24-10-7-15-30(24)2)22-11-16-31(17-12-22)20-23(28)19-21-8-5-4-6-9-21/h4-6,8-9,19,22,24H,3,7,10-18,20H2,1-2H3,(H,29,34)/b23-19-. The average molecular weight is 487 g/mol. The molecular formula is C27H39ClN4O2. The lowest BCUT2D eigenvalue weighted by atomic mass is 9.74. The van der Waals surface area contributed by atoms with E-state index in [0.717, 1.165) is 62.3 Å². The molecule has 2 unspecified atom stereocenters. The Balaban J connectivity index is 1.36. The third kappa shape index (κ3) is 5.50. The fourth-order valence-electron chi connectivity index (χ4n) is 6.09. The van der Waals surface area contributed by atoms with Crippen LogP contribution >= 0.6 is 11.6 Å². The van der Waals surface area contributed by atoms with Gasteiger partial charge in [-0.05, 0) is 82.8 Å². The first-order chi connectivity index (χ1) is 16.4. The molecule has 3 aliphatic heterocycles. The third-order valence-electron chi connectivity index (χ3n) is 7.99. The first-order valence-corrected chi connectivity index (χ1v) is 13.3. The molecule has 0 spiro atoms. The van der Waals surface area contributed by atoms with E-state index >= 15 is 0 Å². The fourth-order valence-corrected chi connectivity index (χ4v) is 6.38. The summed E-state index contributed by atoms with van der Waals surface area (Å²) in [6.07, 6.45) is 8.59. The Morgan fingerprint density at radius 2 is 1.88 bits per heavy atom. The predicted molar refractivity (Wildman–Crippen MR) is 138 cm³/mol. The molecule has 34 heavy (non-hydrogen) atoms. The highest BCUT2D eigenvalue weighted by Gasteiger charge is 2.55. The Hall–Kier alpha value is -1.89. The average Bonchev–Trinajstić information content (AvgIpc) is 3.34. The minimum absolute atomic E-state index is 0.000422. The quantitative estimate of drug-likeness (QED) is 0.520. The Kier molecular flexibility index (Phi) is 8.33. The van der Waals surface area contributed by atoms with E-state index in [2.05, 4.69) is 29.1 Å². The van der Waals surface area contributed by atoms with Crippen molar-refractivity contribution in [3.63, 3.8) is 0 Å². The number of likely N-dealkylation sites (tertiary alicyclic amines) is 2. The molecule has 7 heteroatoms. The van der Waals surface area contributed by atoms with E-state index in [1.165, 1.54) is 11.3 Å². The van der Waals surface area contributed by atoms with Crippen LogP contribution in [0.2, 0.25) is 0 Å². The lowest BCUT2D eigenvalue weighted by molar-refractivity contribution is -0.134. The first kappa shape index (κ1) is 25.2. The number of piperidine rings is 1. The normalized spacial score (nSPS) is 27.6. The van der Waals surface area contributed by atoms with Crippen LogP contribution in [0.5, 0.6) is 0 Å². The molecule has 4 rings (SSSR count). The number of halogens is 1. The van der Waals surface area contributed by atoms with Crippen molar-refractivity contribution in [2.45, 2.75) is 63.5 Å². The molecule has 186 valence electrons. The van der Waals surface area contributed by atoms with Gasteiger partial charge in [0.05, 0.1) is 0 Å². The van der Waals surface area contributed by atoms with Gasteiger partial charge in [-0.1, -0.05) is 55.3 Å². The van der Waals surface area contributed by atoms with Crippen LogP contribution in [0.1, 0.15) is 57.4 Å². The van der Waals surface area contributed by atoms with Crippen LogP contribution in [0, 0.1) is 5.92 Å². The molecule has 0 saturated carbocycles. The Labute approximate surface area is 209 Å². The van der Waals surface area contributed by atoms with Crippen molar-refractivity contribution in [2.75, 3.05) is 39.8 Å². The Morgan fingerprint density at radius 1 is 1.15 bits per heavy atom. The molecule has 0 aromatic heterocycles. The minimum atomic E-state index is -0.747. The smallest absolute Gasteiger partial charge is 0.323 e. The zero-order valence-electron chi connectivity index (χ0n) is 20.6. The predicted octanol–water partition coefficient (Wildman–Crippen LogP) is 4.55. The van der Waals surface area contributed by atoms with Gasteiger partial charge in [0.15, 0.2) is 0 Å². The van der Waals surface area contributed by atoms with Gasteiger partial charge in [-0.2, -0.15) is 0 Å². The third-order valence-corrected chi connectivity index (χ3v) is 8.21. The summed E-state index contributed by atoms with van der Waals surface area (Å²) in [6, 6.07) is 10.4. The second-order valence-electron chi connectivity index (χ2n) is 10.2. The lowest BCUT2D eigenvalue weighted by Crippen LogP contribution is -2.56. The van der Waals surface area contributed by atoms with Gasteiger partial charge < -0.3 is 10.2 Å². The number of nitrogens with one attached hydrogen (secondary N) is 1. The van der Waals surface area contributed by atoms with Gasteiger partial charge >= 0.3 is 6.03 Å². The molecule has 0 bridgehead atoms. The number of nitrogens with zero attached hydrogens (tertiary/aromatic N) is 3. The Bertz CT molecular complexity index is 884. The van der Waals surface area contributed by atoms with Crippen LogP contribution in [0.4, 0.5) is 4.79 Å². The summed E-state index contributed by atoms with van der Waals surface area (Å²) >= 11 is 6.55. The highest BCUT2D eigenvalue weighted by atomic mass is 35.5. The maximum absolute atomic E-state index is 13.7. The van der Waals surface area contributed by atoms with Crippen LogP contribution < -0.4 is 5.32 Å². The summed E-state index contributed by atoms with van der Waals surface area (Å²) in [7, 11) is 2.14. The van der Waals surface area contributed by atoms with Gasteiger partial charge in [0.2, 0.25) is 0 Å². The monoisotopic (exact) mass is 486 g/mol. The minimum Gasteiger partial charge on any atom is -0.323 e. The molecule has 0 aliphatic carbocycles. The number of benzene rings is 1. The van der Waals surface area contributed by atoms with E-state index in [-0.39, 0.29) is 17.9 Å². The number of hydrogen-bond donors (Lipinski definition) is 1. The summed E-state index contributed by atoms with van der Waals surface area (Å²) < 4.78 is 0.